The highest BCUT2D eigenvalue weighted by atomic mass is 35.5. The van der Waals surface area contributed by atoms with Crippen molar-refractivity contribution in [2.45, 2.75) is 72.0 Å². The first-order valence-corrected chi connectivity index (χ1v) is 12.6. The summed E-state index contributed by atoms with van der Waals surface area (Å²) in [5.74, 6) is 0.146. The third-order valence-corrected chi connectivity index (χ3v) is 7.90. The third-order valence-electron chi connectivity index (χ3n) is 6.63. The lowest BCUT2D eigenvalue weighted by molar-refractivity contribution is -0.123. The van der Waals surface area contributed by atoms with Crippen molar-refractivity contribution in [1.82, 2.24) is 4.90 Å². The van der Waals surface area contributed by atoms with Gasteiger partial charge in [0.05, 0.1) is 11.4 Å². The second kappa shape index (κ2) is 8.84. The largest absolute Gasteiger partial charge is 0.364 e. The van der Waals surface area contributed by atoms with Gasteiger partial charge in [0, 0.05) is 22.3 Å². The molecule has 6 heteroatoms. The first-order valence-electron chi connectivity index (χ1n) is 11.4. The van der Waals surface area contributed by atoms with Crippen LogP contribution in [0.5, 0.6) is 0 Å². The number of thioether (sulfide) groups is 1. The number of hydrogen-bond donors (Lipinski definition) is 0. The van der Waals surface area contributed by atoms with Crippen molar-refractivity contribution in [3.05, 3.63) is 68.6 Å². The molecule has 33 heavy (non-hydrogen) atoms. The van der Waals surface area contributed by atoms with Crippen molar-refractivity contribution >= 4 is 46.3 Å². The number of anilines is 1. The average molecular weight is 483 g/mol. The molecule has 0 N–H and O–H groups in total. The monoisotopic (exact) mass is 482 g/mol. The summed E-state index contributed by atoms with van der Waals surface area (Å²) in [7, 11) is 0. The van der Waals surface area contributed by atoms with Gasteiger partial charge in [0.25, 0.3) is 11.1 Å². The molecule has 2 aromatic carbocycles. The summed E-state index contributed by atoms with van der Waals surface area (Å²) in [6, 6.07) is 12.1. The first kappa shape index (κ1) is 23.9. The number of carbonyl (C=O) groups is 2. The number of hydrogen-bond acceptors (Lipinski definition) is 4. The van der Waals surface area contributed by atoms with Crippen LogP contribution in [0.3, 0.4) is 0 Å². The van der Waals surface area contributed by atoms with Gasteiger partial charge in [-0.05, 0) is 105 Å². The second-order valence-electron chi connectivity index (χ2n) is 10.0. The predicted molar refractivity (Wildman–Crippen MR) is 139 cm³/mol. The van der Waals surface area contributed by atoms with Gasteiger partial charge in [-0.15, -0.1) is 0 Å². The van der Waals surface area contributed by atoms with E-state index in [-0.39, 0.29) is 23.2 Å². The van der Waals surface area contributed by atoms with E-state index in [1.165, 1.54) is 16.2 Å². The fourth-order valence-corrected chi connectivity index (χ4v) is 6.35. The highest BCUT2D eigenvalue weighted by Crippen LogP contribution is 2.46. The molecule has 0 bridgehead atoms. The van der Waals surface area contributed by atoms with Gasteiger partial charge in [0.1, 0.15) is 0 Å². The second-order valence-corrected chi connectivity index (χ2v) is 11.4. The van der Waals surface area contributed by atoms with Crippen molar-refractivity contribution in [2.75, 3.05) is 4.90 Å². The molecular weight excluding hydrogens is 452 g/mol. The van der Waals surface area contributed by atoms with Crippen molar-refractivity contribution in [3.8, 4) is 0 Å². The first-order chi connectivity index (χ1) is 15.5. The number of nitrogens with zero attached hydrogens (tertiary/aromatic N) is 2. The topological polar surface area (TPSA) is 40.6 Å². The van der Waals surface area contributed by atoms with Crippen molar-refractivity contribution in [3.63, 3.8) is 0 Å². The van der Waals surface area contributed by atoms with E-state index in [4.69, 9.17) is 11.6 Å². The lowest BCUT2D eigenvalue weighted by Crippen LogP contribution is -2.51. The summed E-state index contributed by atoms with van der Waals surface area (Å²) in [5.41, 5.74) is 5.51. The number of carbonyl (C=O) groups excluding carboxylic acids is 2. The molecule has 0 spiro atoms. The molecule has 2 heterocycles. The van der Waals surface area contributed by atoms with E-state index in [0.717, 1.165) is 34.9 Å². The van der Waals surface area contributed by atoms with Crippen molar-refractivity contribution in [2.24, 2.45) is 0 Å². The Hall–Kier alpha value is -2.24. The van der Waals surface area contributed by atoms with Crippen LogP contribution >= 0.6 is 23.4 Å². The van der Waals surface area contributed by atoms with Gasteiger partial charge in [-0.1, -0.05) is 36.7 Å². The van der Waals surface area contributed by atoms with Gasteiger partial charge < -0.3 is 4.90 Å². The Morgan fingerprint density at radius 3 is 2.58 bits per heavy atom. The maximum atomic E-state index is 13.1. The van der Waals surface area contributed by atoms with E-state index in [1.54, 1.807) is 6.07 Å². The van der Waals surface area contributed by atoms with Gasteiger partial charge in [0.2, 0.25) is 0 Å². The van der Waals surface area contributed by atoms with Crippen LogP contribution in [-0.4, -0.2) is 27.6 Å². The number of rotatable bonds is 4. The minimum absolute atomic E-state index is 0.0793. The third kappa shape index (κ3) is 4.45. The Morgan fingerprint density at radius 2 is 1.91 bits per heavy atom. The fraction of sp³-hybridized carbons (Fsp3) is 0.407. The fourth-order valence-electron chi connectivity index (χ4n) is 5.32. The molecular formula is C27H31ClN2O2S. The maximum Gasteiger partial charge on any atom is 0.293 e. The van der Waals surface area contributed by atoms with E-state index >= 15 is 0 Å². The normalized spacial score (nSPS) is 21.3. The number of benzene rings is 2. The molecule has 2 amide bonds. The molecule has 1 saturated heterocycles. The zero-order valence-electron chi connectivity index (χ0n) is 20.1. The summed E-state index contributed by atoms with van der Waals surface area (Å²) in [6.07, 6.45) is 2.94. The van der Waals surface area contributed by atoms with Crippen LogP contribution in [0.2, 0.25) is 5.02 Å². The molecule has 1 fully saturated rings. The minimum Gasteiger partial charge on any atom is -0.364 e. The van der Waals surface area contributed by atoms with Crippen LogP contribution in [0.4, 0.5) is 10.5 Å². The quantitative estimate of drug-likeness (QED) is 0.426. The zero-order valence-corrected chi connectivity index (χ0v) is 21.7. The lowest BCUT2D eigenvalue weighted by atomic mass is 9.78. The molecule has 2 aliphatic rings. The molecule has 1 unspecified atom stereocenters. The number of amides is 2. The summed E-state index contributed by atoms with van der Waals surface area (Å²) in [5, 5.41) is 0.292. The number of aryl methyl sites for hydroxylation is 1. The van der Waals surface area contributed by atoms with E-state index in [9.17, 15) is 9.59 Å². The molecule has 1 atom stereocenters. The number of imide groups is 1. The van der Waals surface area contributed by atoms with Crippen molar-refractivity contribution in [1.29, 1.82) is 0 Å². The smallest absolute Gasteiger partial charge is 0.293 e. The molecule has 2 aliphatic heterocycles. The zero-order chi connectivity index (χ0) is 24.1. The number of fused-ring (bicyclic) bond motifs is 1. The molecule has 0 radical (unpaired) electrons. The van der Waals surface area contributed by atoms with Gasteiger partial charge in [-0.2, -0.15) is 0 Å². The summed E-state index contributed by atoms with van der Waals surface area (Å²) >= 11 is 7.24. The van der Waals surface area contributed by atoms with E-state index < -0.39 is 0 Å². The lowest BCUT2D eigenvalue weighted by Gasteiger charge is -2.50. The van der Waals surface area contributed by atoms with Crippen LogP contribution < -0.4 is 4.90 Å². The predicted octanol–water partition coefficient (Wildman–Crippen LogP) is 7.39. The van der Waals surface area contributed by atoms with Crippen LogP contribution in [0.1, 0.15) is 69.2 Å². The van der Waals surface area contributed by atoms with Gasteiger partial charge in [0.15, 0.2) is 0 Å². The van der Waals surface area contributed by atoms with Crippen LogP contribution in [0.15, 0.2) is 41.3 Å². The highest BCUT2D eigenvalue weighted by molar-refractivity contribution is 8.18. The average Bonchev–Trinajstić information content (AvgIpc) is 2.97. The van der Waals surface area contributed by atoms with Crippen LogP contribution in [0, 0.1) is 6.92 Å². The minimum atomic E-state index is -0.264. The van der Waals surface area contributed by atoms with Gasteiger partial charge >= 0.3 is 0 Å². The van der Waals surface area contributed by atoms with E-state index in [1.807, 2.05) is 24.3 Å². The SMILES string of the molecule is Cc1cc2c(cc1/C=C1\SC(=O)N(Cc3ccccc3Cl)C1=O)C(C)CC(C)(C)N2C(C)C. The molecule has 2 aromatic rings. The Balaban J connectivity index is 1.68. The molecule has 0 aliphatic carbocycles. The van der Waals surface area contributed by atoms with E-state index in [2.05, 4.69) is 58.6 Å². The summed E-state index contributed by atoms with van der Waals surface area (Å²) in [4.78, 5) is 30.0. The summed E-state index contributed by atoms with van der Waals surface area (Å²) in [6.45, 7) is 13.6. The Kier molecular flexibility index (Phi) is 6.41. The Morgan fingerprint density at radius 1 is 1.21 bits per heavy atom. The maximum absolute atomic E-state index is 13.1. The molecule has 4 nitrogen and oxygen atoms in total. The highest BCUT2D eigenvalue weighted by Gasteiger charge is 2.39. The molecule has 174 valence electrons. The molecule has 0 aromatic heterocycles. The van der Waals surface area contributed by atoms with E-state index in [0.29, 0.717) is 21.9 Å². The van der Waals surface area contributed by atoms with Crippen LogP contribution in [0.25, 0.3) is 6.08 Å². The molecule has 4 rings (SSSR count). The molecule has 0 saturated carbocycles. The van der Waals surface area contributed by atoms with Gasteiger partial charge in [-0.25, -0.2) is 0 Å². The van der Waals surface area contributed by atoms with Gasteiger partial charge in [-0.3, -0.25) is 14.5 Å². The number of halogens is 1. The Bertz CT molecular complexity index is 1150. The van der Waals surface area contributed by atoms with Crippen molar-refractivity contribution < 1.29 is 9.59 Å². The van der Waals surface area contributed by atoms with Crippen LogP contribution in [-0.2, 0) is 11.3 Å². The Labute approximate surface area is 206 Å². The standard InChI is InChI=1S/C27H31ClN2O2S/c1-16(2)30-23-11-17(3)20(12-21(23)18(4)14-27(30,5)6)13-24-25(31)29(26(32)33-24)15-19-9-7-8-10-22(19)28/h7-13,16,18H,14-15H2,1-6H3/b24-13-. The summed E-state index contributed by atoms with van der Waals surface area (Å²) < 4.78 is 0.